The minimum atomic E-state index is -3.60. The van der Waals surface area contributed by atoms with Gasteiger partial charge in [0.1, 0.15) is 12.4 Å². The van der Waals surface area contributed by atoms with Crippen LogP contribution in [0.25, 0.3) is 11.0 Å². The Hall–Kier alpha value is -2.01. The number of carbonyl (C=O) groups is 1. The van der Waals surface area contributed by atoms with E-state index in [9.17, 15) is 13.2 Å². The number of nitrogens with zero attached hydrogens (tertiary/aromatic N) is 3. The summed E-state index contributed by atoms with van der Waals surface area (Å²) >= 11 is 0. The first-order chi connectivity index (χ1) is 14.5. The van der Waals surface area contributed by atoms with Crippen molar-refractivity contribution in [3.05, 3.63) is 24.0 Å². The van der Waals surface area contributed by atoms with Crippen LogP contribution in [0.15, 0.2) is 23.1 Å². The highest BCUT2D eigenvalue weighted by Crippen LogP contribution is 2.24. The van der Waals surface area contributed by atoms with Crippen molar-refractivity contribution in [2.24, 2.45) is 5.92 Å². The monoisotopic (exact) mass is 437 g/mol. The van der Waals surface area contributed by atoms with E-state index in [0.29, 0.717) is 70.2 Å². The molecule has 0 bridgehead atoms. The van der Waals surface area contributed by atoms with Gasteiger partial charge in [-0.1, -0.05) is 0 Å². The number of sulfonamides is 1. The zero-order valence-electron chi connectivity index (χ0n) is 17.1. The van der Waals surface area contributed by atoms with Gasteiger partial charge in [0, 0.05) is 32.8 Å². The number of benzene rings is 1. The lowest BCUT2D eigenvalue weighted by Crippen LogP contribution is -2.40. The van der Waals surface area contributed by atoms with Gasteiger partial charge in [0.25, 0.3) is 0 Å². The Morgan fingerprint density at radius 3 is 2.57 bits per heavy atom. The van der Waals surface area contributed by atoms with Crippen LogP contribution in [0.2, 0.25) is 0 Å². The van der Waals surface area contributed by atoms with Crippen LogP contribution in [0, 0.1) is 5.92 Å². The maximum absolute atomic E-state index is 12.9. The summed E-state index contributed by atoms with van der Waals surface area (Å²) in [7, 11) is -3.60. The summed E-state index contributed by atoms with van der Waals surface area (Å²) in [6.45, 7) is 5.31. The quantitative estimate of drug-likeness (QED) is 0.632. The third-order valence-electron chi connectivity index (χ3n) is 5.62. The number of fused-ring (bicyclic) bond motifs is 1. The second kappa shape index (κ2) is 9.01. The number of morpholine rings is 1. The number of aryl methyl sites for hydroxylation is 1. The van der Waals surface area contributed by atoms with Gasteiger partial charge in [-0.15, -0.1) is 0 Å². The zero-order chi connectivity index (χ0) is 21.1. The molecule has 9 nitrogen and oxygen atoms in total. The summed E-state index contributed by atoms with van der Waals surface area (Å²) < 4.78 is 45.3. The Balaban J connectivity index is 1.55. The fourth-order valence-electron chi connectivity index (χ4n) is 3.91. The molecule has 0 unspecified atom stereocenters. The second-order valence-corrected chi connectivity index (χ2v) is 9.37. The Morgan fingerprint density at radius 1 is 1.17 bits per heavy atom. The summed E-state index contributed by atoms with van der Waals surface area (Å²) in [5, 5.41) is 0. The van der Waals surface area contributed by atoms with Gasteiger partial charge >= 0.3 is 5.97 Å². The molecule has 2 aliphatic heterocycles. The third kappa shape index (κ3) is 4.22. The number of aromatic nitrogens is 2. The standard InChI is InChI=1S/C20H27N3O6S/c1-2-23-18-4-3-16(30(25,26)22-7-11-28-12-8-22)13-17(18)21-19(23)14-29-20(24)15-5-9-27-10-6-15/h3-4,13,15H,2,5-12,14H2,1H3. The molecule has 0 aliphatic carbocycles. The molecule has 0 N–H and O–H groups in total. The van der Waals surface area contributed by atoms with Gasteiger partial charge in [-0.25, -0.2) is 13.4 Å². The molecule has 0 spiro atoms. The number of hydrogen-bond acceptors (Lipinski definition) is 7. The van der Waals surface area contributed by atoms with Crippen molar-refractivity contribution in [3.63, 3.8) is 0 Å². The van der Waals surface area contributed by atoms with Crippen LogP contribution >= 0.6 is 0 Å². The highest BCUT2D eigenvalue weighted by molar-refractivity contribution is 7.89. The van der Waals surface area contributed by atoms with Crippen molar-refractivity contribution in [1.82, 2.24) is 13.9 Å². The van der Waals surface area contributed by atoms with Gasteiger partial charge in [0.15, 0.2) is 0 Å². The molecule has 2 fully saturated rings. The molecule has 0 saturated carbocycles. The van der Waals surface area contributed by atoms with E-state index in [1.807, 2.05) is 11.5 Å². The maximum atomic E-state index is 12.9. The minimum absolute atomic E-state index is 0.0598. The van der Waals surface area contributed by atoms with Crippen LogP contribution in [-0.4, -0.2) is 67.8 Å². The van der Waals surface area contributed by atoms with Crippen molar-refractivity contribution in [2.45, 2.75) is 37.8 Å². The molecule has 0 atom stereocenters. The van der Waals surface area contributed by atoms with Crippen molar-refractivity contribution in [2.75, 3.05) is 39.5 Å². The molecule has 1 aromatic heterocycles. The molecule has 0 radical (unpaired) electrons. The van der Waals surface area contributed by atoms with E-state index in [2.05, 4.69) is 4.98 Å². The lowest BCUT2D eigenvalue weighted by atomic mass is 10.0. The molecular weight excluding hydrogens is 410 g/mol. The van der Waals surface area contributed by atoms with Crippen molar-refractivity contribution >= 4 is 27.0 Å². The molecule has 2 aromatic rings. The number of esters is 1. The van der Waals surface area contributed by atoms with Crippen LogP contribution in [0.4, 0.5) is 0 Å². The van der Waals surface area contributed by atoms with Crippen molar-refractivity contribution in [1.29, 1.82) is 0 Å². The van der Waals surface area contributed by atoms with Crippen LogP contribution in [0.3, 0.4) is 0 Å². The van der Waals surface area contributed by atoms with E-state index in [0.717, 1.165) is 5.52 Å². The van der Waals surface area contributed by atoms with Gasteiger partial charge in [0.05, 0.1) is 35.1 Å². The van der Waals surface area contributed by atoms with Crippen LogP contribution in [0.1, 0.15) is 25.6 Å². The van der Waals surface area contributed by atoms with E-state index >= 15 is 0 Å². The molecule has 1 aromatic carbocycles. The van der Waals surface area contributed by atoms with Gasteiger partial charge in [0.2, 0.25) is 10.0 Å². The highest BCUT2D eigenvalue weighted by atomic mass is 32.2. The number of hydrogen-bond donors (Lipinski definition) is 0. The lowest BCUT2D eigenvalue weighted by molar-refractivity contribution is -0.153. The molecule has 0 amide bonds. The maximum Gasteiger partial charge on any atom is 0.309 e. The summed E-state index contributed by atoms with van der Waals surface area (Å²) in [5.74, 6) is 0.237. The third-order valence-corrected chi connectivity index (χ3v) is 7.52. The molecule has 164 valence electrons. The van der Waals surface area contributed by atoms with Crippen molar-refractivity contribution < 1.29 is 27.4 Å². The molecule has 3 heterocycles. The van der Waals surface area contributed by atoms with E-state index in [1.54, 1.807) is 18.2 Å². The Bertz CT molecular complexity index is 1010. The summed E-state index contributed by atoms with van der Waals surface area (Å²) in [6, 6.07) is 4.97. The van der Waals surface area contributed by atoms with E-state index < -0.39 is 10.0 Å². The average Bonchev–Trinajstić information content (AvgIpc) is 3.15. The summed E-state index contributed by atoms with van der Waals surface area (Å²) in [6.07, 6.45) is 1.34. The van der Waals surface area contributed by atoms with E-state index in [4.69, 9.17) is 14.2 Å². The van der Waals surface area contributed by atoms with Gasteiger partial charge in [-0.3, -0.25) is 4.79 Å². The average molecular weight is 438 g/mol. The first-order valence-corrected chi connectivity index (χ1v) is 11.8. The Labute approximate surface area is 176 Å². The summed E-state index contributed by atoms with van der Waals surface area (Å²) in [5.41, 5.74) is 1.39. The minimum Gasteiger partial charge on any atom is -0.457 e. The van der Waals surface area contributed by atoms with Crippen LogP contribution in [0.5, 0.6) is 0 Å². The molecule has 2 saturated heterocycles. The smallest absolute Gasteiger partial charge is 0.309 e. The molecule has 4 rings (SSSR count). The fourth-order valence-corrected chi connectivity index (χ4v) is 5.33. The highest BCUT2D eigenvalue weighted by Gasteiger charge is 2.27. The number of carbonyl (C=O) groups excluding carboxylic acids is 1. The number of rotatable bonds is 6. The van der Waals surface area contributed by atoms with Gasteiger partial charge in [-0.2, -0.15) is 4.31 Å². The van der Waals surface area contributed by atoms with Gasteiger partial charge < -0.3 is 18.8 Å². The lowest BCUT2D eigenvalue weighted by Gasteiger charge is -2.26. The largest absolute Gasteiger partial charge is 0.457 e. The predicted octanol–water partition coefficient (Wildman–Crippen LogP) is 1.55. The van der Waals surface area contributed by atoms with Crippen molar-refractivity contribution in [3.8, 4) is 0 Å². The Morgan fingerprint density at radius 2 is 1.87 bits per heavy atom. The number of imidazole rings is 1. The zero-order valence-corrected chi connectivity index (χ0v) is 17.9. The number of ether oxygens (including phenoxy) is 3. The topological polar surface area (TPSA) is 100.0 Å². The molecule has 30 heavy (non-hydrogen) atoms. The first kappa shape index (κ1) is 21.2. The van der Waals surface area contributed by atoms with Gasteiger partial charge in [-0.05, 0) is 38.0 Å². The fraction of sp³-hybridized carbons (Fsp3) is 0.600. The predicted molar refractivity (Wildman–Crippen MR) is 108 cm³/mol. The van der Waals surface area contributed by atoms with Crippen LogP contribution in [-0.2, 0) is 42.2 Å². The summed E-state index contributed by atoms with van der Waals surface area (Å²) in [4.78, 5) is 17.1. The Kier molecular flexibility index (Phi) is 6.37. The molecular formula is C20H27N3O6S. The van der Waals surface area contributed by atoms with E-state index in [-0.39, 0.29) is 23.4 Å². The molecule has 10 heteroatoms. The second-order valence-electron chi connectivity index (χ2n) is 7.43. The first-order valence-electron chi connectivity index (χ1n) is 10.3. The van der Waals surface area contributed by atoms with E-state index in [1.165, 1.54) is 4.31 Å². The molecule has 2 aliphatic rings. The normalized spacial score (nSPS) is 19.2. The van der Waals surface area contributed by atoms with Crippen LogP contribution < -0.4 is 0 Å². The SMILES string of the molecule is CCn1c(COC(=O)C2CCOCC2)nc2cc(S(=O)(=O)N3CCOCC3)ccc21.